The Morgan fingerprint density at radius 1 is 1.62 bits per heavy atom. The van der Waals surface area contributed by atoms with E-state index in [0.717, 1.165) is 12.8 Å². The lowest BCUT2D eigenvalue weighted by Crippen LogP contribution is -2.46. The highest BCUT2D eigenvalue weighted by Crippen LogP contribution is 2.20. The molecule has 2 rings (SSSR count). The quantitative estimate of drug-likeness (QED) is 0.778. The molecule has 0 radical (unpaired) electrons. The first-order valence-electron chi connectivity index (χ1n) is 6.86. The summed E-state index contributed by atoms with van der Waals surface area (Å²) in [4.78, 5) is 28.7. The molecular formula is C13H19N3O4S. The maximum Gasteiger partial charge on any atom is 0.355 e. The van der Waals surface area contributed by atoms with Gasteiger partial charge in [-0.3, -0.25) is 0 Å². The molecule has 2 atom stereocenters. The molecule has 8 heteroatoms. The SMILES string of the molecule is CC(NC(=O)N1CCCC(CO)C1)c1nc(C(=O)O)cs1. The van der Waals surface area contributed by atoms with Crippen LogP contribution in [0.25, 0.3) is 0 Å². The number of hydrogen-bond donors (Lipinski definition) is 3. The van der Waals surface area contributed by atoms with Gasteiger partial charge in [-0.15, -0.1) is 11.3 Å². The number of urea groups is 1. The van der Waals surface area contributed by atoms with E-state index < -0.39 is 5.97 Å². The molecule has 2 amide bonds. The average molecular weight is 313 g/mol. The number of thiazole rings is 1. The molecule has 21 heavy (non-hydrogen) atoms. The number of aromatic carboxylic acids is 1. The van der Waals surface area contributed by atoms with E-state index in [1.54, 1.807) is 11.8 Å². The average Bonchev–Trinajstić information content (AvgIpc) is 2.97. The molecule has 116 valence electrons. The number of hydrogen-bond acceptors (Lipinski definition) is 5. The molecule has 0 aliphatic carbocycles. The third-order valence-electron chi connectivity index (χ3n) is 3.52. The Kier molecular flexibility index (Phi) is 5.13. The van der Waals surface area contributed by atoms with E-state index in [9.17, 15) is 14.7 Å². The van der Waals surface area contributed by atoms with Gasteiger partial charge in [0.1, 0.15) is 5.01 Å². The lowest BCUT2D eigenvalue weighted by atomic mass is 9.99. The zero-order chi connectivity index (χ0) is 15.4. The van der Waals surface area contributed by atoms with Crippen LogP contribution in [0.1, 0.15) is 41.3 Å². The van der Waals surface area contributed by atoms with Crippen LogP contribution < -0.4 is 5.32 Å². The lowest BCUT2D eigenvalue weighted by molar-refractivity contribution is 0.0691. The van der Waals surface area contributed by atoms with Gasteiger partial charge in [0, 0.05) is 25.1 Å². The van der Waals surface area contributed by atoms with E-state index in [0.29, 0.717) is 18.1 Å². The van der Waals surface area contributed by atoms with Crippen LogP contribution in [0.2, 0.25) is 0 Å². The number of carbonyl (C=O) groups is 2. The van der Waals surface area contributed by atoms with E-state index in [4.69, 9.17) is 5.11 Å². The maximum atomic E-state index is 12.2. The number of nitrogens with zero attached hydrogens (tertiary/aromatic N) is 2. The summed E-state index contributed by atoms with van der Waals surface area (Å²) in [5.41, 5.74) is -0.00517. The summed E-state index contributed by atoms with van der Waals surface area (Å²) >= 11 is 1.21. The van der Waals surface area contributed by atoms with Crippen molar-refractivity contribution in [3.63, 3.8) is 0 Å². The summed E-state index contributed by atoms with van der Waals surface area (Å²) in [6, 6.07) is -0.544. The number of piperidine rings is 1. The first-order valence-corrected chi connectivity index (χ1v) is 7.74. The molecule has 3 N–H and O–H groups in total. The van der Waals surface area contributed by atoms with Crippen molar-refractivity contribution in [2.45, 2.75) is 25.8 Å². The molecule has 0 bridgehead atoms. The van der Waals surface area contributed by atoms with Gasteiger partial charge < -0.3 is 20.4 Å². The van der Waals surface area contributed by atoms with Crippen LogP contribution in [0.4, 0.5) is 4.79 Å². The molecule has 1 aliphatic rings. The minimum atomic E-state index is -1.07. The molecule has 1 aliphatic heterocycles. The number of carboxylic acids is 1. The van der Waals surface area contributed by atoms with Crippen LogP contribution in [0, 0.1) is 5.92 Å². The minimum absolute atomic E-state index is 0.00517. The molecule has 1 saturated heterocycles. The number of carbonyl (C=O) groups excluding carboxylic acids is 1. The summed E-state index contributed by atoms with van der Waals surface area (Å²) < 4.78 is 0. The van der Waals surface area contributed by atoms with Crippen LogP contribution in [-0.2, 0) is 0 Å². The van der Waals surface area contributed by atoms with Gasteiger partial charge in [-0.1, -0.05) is 0 Å². The van der Waals surface area contributed by atoms with Crippen LogP contribution in [-0.4, -0.2) is 51.8 Å². The standard InChI is InChI=1S/C13H19N3O4S/c1-8(11-15-10(7-21-11)12(18)19)14-13(20)16-4-2-3-9(5-16)6-17/h7-9,17H,2-6H2,1H3,(H,14,20)(H,18,19). The predicted molar refractivity (Wildman–Crippen MR) is 77.4 cm³/mol. The van der Waals surface area contributed by atoms with Gasteiger partial charge in [0.15, 0.2) is 5.69 Å². The summed E-state index contributed by atoms with van der Waals surface area (Å²) in [6.45, 7) is 3.09. The second-order valence-electron chi connectivity index (χ2n) is 5.18. The van der Waals surface area contributed by atoms with Crippen LogP contribution >= 0.6 is 11.3 Å². The summed E-state index contributed by atoms with van der Waals surface area (Å²) in [7, 11) is 0. The number of aliphatic hydroxyl groups is 1. The van der Waals surface area contributed by atoms with Crippen molar-refractivity contribution in [3.8, 4) is 0 Å². The van der Waals surface area contributed by atoms with Gasteiger partial charge in [-0.25, -0.2) is 14.6 Å². The topological polar surface area (TPSA) is 103 Å². The van der Waals surface area contributed by atoms with Gasteiger partial charge in [-0.2, -0.15) is 0 Å². The highest BCUT2D eigenvalue weighted by atomic mass is 32.1. The Hall–Kier alpha value is -1.67. The molecule has 2 heterocycles. The zero-order valence-electron chi connectivity index (χ0n) is 11.8. The Bertz CT molecular complexity index is 519. The molecular weight excluding hydrogens is 294 g/mol. The van der Waals surface area contributed by atoms with Crippen LogP contribution in [0.3, 0.4) is 0 Å². The van der Waals surface area contributed by atoms with E-state index in [2.05, 4.69) is 10.3 Å². The monoisotopic (exact) mass is 313 g/mol. The second-order valence-corrected chi connectivity index (χ2v) is 6.07. The Morgan fingerprint density at radius 3 is 3.00 bits per heavy atom. The first kappa shape index (κ1) is 15.7. The van der Waals surface area contributed by atoms with Gasteiger partial charge >= 0.3 is 12.0 Å². The molecule has 1 aromatic rings. The van der Waals surface area contributed by atoms with Crippen molar-refractivity contribution in [1.82, 2.24) is 15.2 Å². The van der Waals surface area contributed by atoms with Crippen molar-refractivity contribution in [2.24, 2.45) is 5.92 Å². The fraction of sp³-hybridized carbons (Fsp3) is 0.615. The third-order valence-corrected chi connectivity index (χ3v) is 4.54. The number of carboxylic acid groups (broad SMARTS) is 1. The number of amides is 2. The van der Waals surface area contributed by atoms with Gasteiger partial charge in [-0.05, 0) is 25.7 Å². The summed E-state index contributed by atoms with van der Waals surface area (Å²) in [5.74, 6) is -0.934. The van der Waals surface area contributed by atoms with Crippen molar-refractivity contribution < 1.29 is 19.8 Å². The molecule has 0 spiro atoms. The largest absolute Gasteiger partial charge is 0.476 e. The summed E-state index contributed by atoms with van der Waals surface area (Å²) in [6.07, 6.45) is 1.82. The Morgan fingerprint density at radius 2 is 2.38 bits per heavy atom. The lowest BCUT2D eigenvalue weighted by Gasteiger charge is -2.32. The second kappa shape index (κ2) is 6.86. The smallest absolute Gasteiger partial charge is 0.355 e. The Labute approximate surface area is 126 Å². The van der Waals surface area contributed by atoms with Crippen molar-refractivity contribution in [3.05, 3.63) is 16.1 Å². The molecule has 0 aromatic carbocycles. The molecule has 0 saturated carbocycles. The number of likely N-dealkylation sites (tertiary alicyclic amines) is 1. The fourth-order valence-corrected chi connectivity index (χ4v) is 3.12. The van der Waals surface area contributed by atoms with E-state index in [-0.39, 0.29) is 30.3 Å². The third kappa shape index (κ3) is 3.92. The van der Waals surface area contributed by atoms with Crippen LogP contribution in [0.15, 0.2) is 5.38 Å². The number of aliphatic hydroxyl groups excluding tert-OH is 1. The molecule has 2 unspecified atom stereocenters. The van der Waals surface area contributed by atoms with Gasteiger partial charge in [0.2, 0.25) is 0 Å². The van der Waals surface area contributed by atoms with E-state index >= 15 is 0 Å². The highest BCUT2D eigenvalue weighted by molar-refractivity contribution is 7.09. The van der Waals surface area contributed by atoms with Crippen LogP contribution in [0.5, 0.6) is 0 Å². The van der Waals surface area contributed by atoms with Gasteiger partial charge in [0.25, 0.3) is 0 Å². The molecule has 1 fully saturated rings. The van der Waals surface area contributed by atoms with Crippen molar-refractivity contribution in [1.29, 1.82) is 0 Å². The van der Waals surface area contributed by atoms with Gasteiger partial charge in [0.05, 0.1) is 6.04 Å². The van der Waals surface area contributed by atoms with E-state index in [1.165, 1.54) is 16.7 Å². The van der Waals surface area contributed by atoms with Crippen molar-refractivity contribution in [2.75, 3.05) is 19.7 Å². The van der Waals surface area contributed by atoms with Crippen molar-refractivity contribution >= 4 is 23.3 Å². The Balaban J connectivity index is 1.93. The number of nitrogens with one attached hydrogen (secondary N) is 1. The predicted octanol–water partition coefficient (Wildman–Crippen LogP) is 1.32. The number of rotatable bonds is 4. The minimum Gasteiger partial charge on any atom is -0.476 e. The molecule has 1 aromatic heterocycles. The maximum absolute atomic E-state index is 12.2. The van der Waals surface area contributed by atoms with E-state index in [1.807, 2.05) is 0 Å². The first-order chi connectivity index (χ1) is 10.0. The molecule has 7 nitrogen and oxygen atoms in total. The fourth-order valence-electron chi connectivity index (χ4n) is 2.32. The summed E-state index contributed by atoms with van der Waals surface area (Å²) in [5, 5.41) is 22.9. The normalized spacial score (nSPS) is 20.1. The zero-order valence-corrected chi connectivity index (χ0v) is 12.6. The highest BCUT2D eigenvalue weighted by Gasteiger charge is 2.25. The number of aromatic nitrogens is 1.